The smallest absolute Gasteiger partial charge is 0.336 e. The van der Waals surface area contributed by atoms with Gasteiger partial charge < -0.3 is 14.1 Å². The number of rotatable bonds is 6. The molecule has 28 heavy (non-hydrogen) atoms. The number of nitrogens with zero attached hydrogens (tertiary/aromatic N) is 2. The molecule has 0 amide bonds. The van der Waals surface area contributed by atoms with Crippen LogP contribution in [0.4, 0.5) is 5.69 Å². The van der Waals surface area contributed by atoms with Crippen molar-refractivity contribution in [3.63, 3.8) is 0 Å². The summed E-state index contributed by atoms with van der Waals surface area (Å²) < 4.78 is 11.0. The molecule has 0 atom stereocenters. The summed E-state index contributed by atoms with van der Waals surface area (Å²) in [6.45, 7) is 8.25. The standard InChI is InChI=1S/C21H24N2O3S.ClH/c1-16-19(7-14-27-16)23-11-9-22(10-12-23)8-2-13-25-18-5-3-17-4-6-21(24)26-20(17)15-18;/h3-7,14-15H,2,8-13H2,1H3;1H. The molecule has 3 aromatic rings. The number of hydrogen-bond acceptors (Lipinski definition) is 6. The van der Waals surface area contributed by atoms with Gasteiger partial charge in [-0.25, -0.2) is 4.79 Å². The largest absolute Gasteiger partial charge is 0.493 e. The lowest BCUT2D eigenvalue weighted by molar-refractivity contribution is 0.225. The van der Waals surface area contributed by atoms with Gasteiger partial charge in [-0.1, -0.05) is 0 Å². The number of ether oxygens (including phenoxy) is 1. The number of hydrogen-bond donors (Lipinski definition) is 0. The van der Waals surface area contributed by atoms with E-state index in [1.807, 2.05) is 23.5 Å². The molecule has 0 N–H and O–H groups in total. The lowest BCUT2D eigenvalue weighted by Crippen LogP contribution is -2.46. The second-order valence-corrected chi connectivity index (χ2v) is 7.97. The van der Waals surface area contributed by atoms with Crippen molar-refractivity contribution in [1.29, 1.82) is 0 Å². The molecule has 1 aliphatic rings. The molecule has 1 fully saturated rings. The molecule has 0 radical (unpaired) electrons. The van der Waals surface area contributed by atoms with Crippen molar-refractivity contribution < 1.29 is 9.15 Å². The van der Waals surface area contributed by atoms with Gasteiger partial charge in [-0.2, -0.15) is 0 Å². The first-order chi connectivity index (χ1) is 13.2. The summed E-state index contributed by atoms with van der Waals surface area (Å²) in [6.07, 6.45) is 0.980. The van der Waals surface area contributed by atoms with Gasteiger partial charge in [0.2, 0.25) is 0 Å². The van der Waals surface area contributed by atoms with Crippen LogP contribution in [0.3, 0.4) is 0 Å². The fourth-order valence-corrected chi connectivity index (χ4v) is 4.25. The Labute approximate surface area is 174 Å². The van der Waals surface area contributed by atoms with Crippen molar-refractivity contribution in [1.82, 2.24) is 4.90 Å². The van der Waals surface area contributed by atoms with E-state index in [-0.39, 0.29) is 18.0 Å². The van der Waals surface area contributed by atoms with Crippen molar-refractivity contribution in [2.45, 2.75) is 13.3 Å². The van der Waals surface area contributed by atoms with Crippen LogP contribution in [-0.2, 0) is 0 Å². The summed E-state index contributed by atoms with van der Waals surface area (Å²) >= 11 is 1.82. The van der Waals surface area contributed by atoms with Gasteiger partial charge in [0.1, 0.15) is 11.3 Å². The number of halogens is 1. The molecule has 0 saturated carbocycles. The lowest BCUT2D eigenvalue weighted by Gasteiger charge is -2.36. The first-order valence-corrected chi connectivity index (χ1v) is 10.3. The summed E-state index contributed by atoms with van der Waals surface area (Å²) in [5.41, 5.74) is 1.63. The first-order valence-electron chi connectivity index (χ1n) is 9.37. The molecule has 7 heteroatoms. The lowest BCUT2D eigenvalue weighted by atomic mass is 10.2. The molecular weight excluding hydrogens is 396 g/mol. The number of aryl methyl sites for hydroxylation is 1. The molecule has 150 valence electrons. The van der Waals surface area contributed by atoms with E-state index >= 15 is 0 Å². The monoisotopic (exact) mass is 420 g/mol. The highest BCUT2D eigenvalue weighted by molar-refractivity contribution is 7.10. The molecule has 1 aromatic carbocycles. The van der Waals surface area contributed by atoms with Crippen LogP contribution in [0, 0.1) is 6.92 Å². The van der Waals surface area contributed by atoms with Crippen LogP contribution in [0.2, 0.25) is 0 Å². The first kappa shape index (κ1) is 20.7. The fraction of sp³-hybridized carbons (Fsp3) is 0.381. The Morgan fingerprint density at radius 2 is 1.89 bits per heavy atom. The van der Waals surface area contributed by atoms with Gasteiger partial charge in [0.15, 0.2) is 0 Å². The van der Waals surface area contributed by atoms with Crippen LogP contribution in [0.25, 0.3) is 11.0 Å². The SMILES string of the molecule is Cc1sccc1N1CCN(CCCOc2ccc3ccc(=O)oc3c2)CC1.Cl. The van der Waals surface area contributed by atoms with E-state index < -0.39 is 0 Å². The summed E-state index contributed by atoms with van der Waals surface area (Å²) in [6, 6.07) is 11.1. The molecule has 2 aromatic heterocycles. The van der Waals surface area contributed by atoms with Crippen molar-refractivity contribution in [2.75, 3.05) is 44.2 Å². The minimum Gasteiger partial charge on any atom is -0.493 e. The summed E-state index contributed by atoms with van der Waals surface area (Å²) in [7, 11) is 0. The summed E-state index contributed by atoms with van der Waals surface area (Å²) in [5, 5.41) is 3.08. The number of fused-ring (bicyclic) bond motifs is 1. The third-order valence-corrected chi connectivity index (χ3v) is 5.86. The van der Waals surface area contributed by atoms with Crippen LogP contribution in [0.15, 0.2) is 51.0 Å². The van der Waals surface area contributed by atoms with Crippen molar-refractivity contribution in [3.8, 4) is 5.75 Å². The average molecular weight is 421 g/mol. The van der Waals surface area contributed by atoms with Crippen LogP contribution < -0.4 is 15.3 Å². The average Bonchev–Trinajstić information content (AvgIpc) is 3.11. The Kier molecular flexibility index (Phi) is 6.99. The Bertz CT molecular complexity index is 963. The van der Waals surface area contributed by atoms with Crippen molar-refractivity contribution in [3.05, 3.63) is 57.1 Å². The zero-order valence-electron chi connectivity index (χ0n) is 15.9. The zero-order chi connectivity index (χ0) is 18.6. The number of benzene rings is 1. The molecule has 3 heterocycles. The highest BCUT2D eigenvalue weighted by atomic mass is 35.5. The minimum absolute atomic E-state index is 0. The predicted octanol–water partition coefficient (Wildman–Crippen LogP) is 4.18. The number of anilines is 1. The Morgan fingerprint density at radius 1 is 1.11 bits per heavy atom. The van der Waals surface area contributed by atoms with E-state index in [4.69, 9.17) is 9.15 Å². The van der Waals surface area contributed by atoms with E-state index in [2.05, 4.69) is 28.2 Å². The molecule has 1 aliphatic heterocycles. The quantitative estimate of drug-likeness (QED) is 0.442. The summed E-state index contributed by atoms with van der Waals surface area (Å²) in [4.78, 5) is 17.7. The van der Waals surface area contributed by atoms with Gasteiger partial charge in [0.25, 0.3) is 0 Å². The van der Waals surface area contributed by atoms with E-state index in [0.717, 1.165) is 50.3 Å². The Hall–Kier alpha value is -2.02. The van der Waals surface area contributed by atoms with Gasteiger partial charge in [0, 0.05) is 55.1 Å². The maximum Gasteiger partial charge on any atom is 0.336 e. The van der Waals surface area contributed by atoms with Crippen LogP contribution in [0.5, 0.6) is 5.75 Å². The predicted molar refractivity (Wildman–Crippen MR) is 118 cm³/mol. The van der Waals surface area contributed by atoms with Crippen LogP contribution in [-0.4, -0.2) is 44.2 Å². The Balaban J connectivity index is 0.00000225. The van der Waals surface area contributed by atoms with Gasteiger partial charge in [-0.3, -0.25) is 4.90 Å². The van der Waals surface area contributed by atoms with E-state index in [1.54, 1.807) is 12.1 Å². The number of piperazine rings is 1. The molecule has 4 rings (SSSR count). The second kappa shape index (κ2) is 9.45. The topological polar surface area (TPSA) is 45.9 Å². The fourth-order valence-electron chi connectivity index (χ4n) is 3.53. The maximum atomic E-state index is 11.3. The van der Waals surface area contributed by atoms with E-state index in [0.29, 0.717) is 12.2 Å². The third-order valence-electron chi connectivity index (χ3n) is 5.03. The Morgan fingerprint density at radius 3 is 2.64 bits per heavy atom. The molecule has 0 unspecified atom stereocenters. The van der Waals surface area contributed by atoms with Crippen LogP contribution in [0.1, 0.15) is 11.3 Å². The molecular formula is C21H25ClN2O3S. The zero-order valence-corrected chi connectivity index (χ0v) is 17.6. The maximum absolute atomic E-state index is 11.3. The van der Waals surface area contributed by atoms with Gasteiger partial charge in [0.05, 0.1) is 12.3 Å². The van der Waals surface area contributed by atoms with E-state index in [9.17, 15) is 4.79 Å². The van der Waals surface area contributed by atoms with Gasteiger partial charge >= 0.3 is 5.63 Å². The van der Waals surface area contributed by atoms with E-state index in [1.165, 1.54) is 16.6 Å². The highest BCUT2D eigenvalue weighted by Crippen LogP contribution is 2.26. The third kappa shape index (κ3) is 4.87. The molecule has 1 saturated heterocycles. The molecule has 0 aliphatic carbocycles. The van der Waals surface area contributed by atoms with Gasteiger partial charge in [-0.05, 0) is 43.0 Å². The molecule has 0 spiro atoms. The normalized spacial score (nSPS) is 14.8. The highest BCUT2D eigenvalue weighted by Gasteiger charge is 2.18. The van der Waals surface area contributed by atoms with Crippen molar-refractivity contribution >= 4 is 40.4 Å². The van der Waals surface area contributed by atoms with Gasteiger partial charge in [-0.15, -0.1) is 23.7 Å². The van der Waals surface area contributed by atoms with Crippen LogP contribution >= 0.6 is 23.7 Å². The minimum atomic E-state index is -0.337. The summed E-state index contributed by atoms with van der Waals surface area (Å²) in [5.74, 6) is 0.745. The molecule has 5 nitrogen and oxygen atoms in total. The second-order valence-electron chi connectivity index (χ2n) is 6.85. The molecule has 0 bridgehead atoms. The van der Waals surface area contributed by atoms with Crippen molar-refractivity contribution in [2.24, 2.45) is 0 Å². The number of thiophene rings is 1.